The van der Waals surface area contributed by atoms with Gasteiger partial charge < -0.3 is 14.8 Å². The maximum Gasteiger partial charge on any atom is 0.326 e. The van der Waals surface area contributed by atoms with Crippen LogP contribution in [-0.4, -0.2) is 27.2 Å². The van der Waals surface area contributed by atoms with Gasteiger partial charge in [-0.15, -0.1) is 0 Å². The number of aryl methyl sites for hydroxylation is 1. The van der Waals surface area contributed by atoms with Gasteiger partial charge in [0, 0.05) is 24.7 Å². The van der Waals surface area contributed by atoms with Crippen molar-refractivity contribution in [2.75, 3.05) is 6.54 Å². The first-order valence-electron chi connectivity index (χ1n) is 9.16. The van der Waals surface area contributed by atoms with Gasteiger partial charge in [-0.3, -0.25) is 9.36 Å². The summed E-state index contributed by atoms with van der Waals surface area (Å²) in [5, 5.41) is 6.83. The molecule has 2 heterocycles. The Morgan fingerprint density at radius 1 is 1.11 bits per heavy atom. The lowest BCUT2D eigenvalue weighted by Crippen LogP contribution is -2.28. The number of nitrogens with one attached hydrogen (secondary N) is 2. The average molecular weight is 376 g/mol. The lowest BCUT2D eigenvalue weighted by molar-refractivity contribution is -0.120. The maximum absolute atomic E-state index is 12.1. The van der Waals surface area contributed by atoms with E-state index in [9.17, 15) is 9.59 Å². The molecular formula is C21H20N4O3. The average Bonchev–Trinajstić information content (AvgIpc) is 3.30. The fourth-order valence-corrected chi connectivity index (χ4v) is 3.15. The van der Waals surface area contributed by atoms with Gasteiger partial charge in [0.1, 0.15) is 0 Å². The van der Waals surface area contributed by atoms with Crippen molar-refractivity contribution in [3.63, 3.8) is 0 Å². The van der Waals surface area contributed by atoms with Crippen LogP contribution in [0.4, 0.5) is 0 Å². The Morgan fingerprint density at radius 3 is 2.75 bits per heavy atom. The monoisotopic (exact) mass is 376 g/mol. The molecule has 2 N–H and O–H groups in total. The van der Waals surface area contributed by atoms with Gasteiger partial charge in [0.25, 0.3) is 0 Å². The van der Waals surface area contributed by atoms with Crippen LogP contribution in [-0.2, 0) is 17.8 Å². The van der Waals surface area contributed by atoms with Gasteiger partial charge in [0.15, 0.2) is 5.76 Å². The summed E-state index contributed by atoms with van der Waals surface area (Å²) in [6.07, 6.45) is 0.810. The number of imidazole rings is 1. The van der Waals surface area contributed by atoms with Crippen molar-refractivity contribution in [2.24, 2.45) is 0 Å². The van der Waals surface area contributed by atoms with Gasteiger partial charge in [-0.05, 0) is 18.6 Å². The SMILES string of the molecule is O=C(Cc1cc(-c2ccccc2)on1)NCCCn1c(=O)[nH]c2ccccc21. The number of hydrogen-bond donors (Lipinski definition) is 2. The quantitative estimate of drug-likeness (QED) is 0.485. The molecule has 0 aliphatic heterocycles. The van der Waals surface area contributed by atoms with Crippen molar-refractivity contribution >= 4 is 16.9 Å². The minimum absolute atomic E-state index is 0.126. The summed E-state index contributed by atoms with van der Waals surface area (Å²) < 4.78 is 6.99. The van der Waals surface area contributed by atoms with Crippen molar-refractivity contribution in [2.45, 2.75) is 19.4 Å². The van der Waals surface area contributed by atoms with E-state index in [1.165, 1.54) is 0 Å². The third-order valence-electron chi connectivity index (χ3n) is 4.52. The van der Waals surface area contributed by atoms with Crippen LogP contribution in [0.2, 0.25) is 0 Å². The first kappa shape index (κ1) is 17.8. The second kappa shape index (κ2) is 7.96. The predicted molar refractivity (Wildman–Crippen MR) is 106 cm³/mol. The van der Waals surface area contributed by atoms with E-state index < -0.39 is 0 Å². The molecule has 2 aromatic heterocycles. The van der Waals surface area contributed by atoms with Gasteiger partial charge in [-0.25, -0.2) is 4.79 Å². The molecule has 1 amide bonds. The highest BCUT2D eigenvalue weighted by molar-refractivity contribution is 5.78. The van der Waals surface area contributed by atoms with E-state index >= 15 is 0 Å². The van der Waals surface area contributed by atoms with Crippen molar-refractivity contribution in [1.82, 2.24) is 20.0 Å². The molecule has 0 saturated carbocycles. The van der Waals surface area contributed by atoms with E-state index in [1.807, 2.05) is 54.6 Å². The zero-order chi connectivity index (χ0) is 19.3. The maximum atomic E-state index is 12.1. The number of aromatic amines is 1. The molecule has 7 heteroatoms. The van der Waals surface area contributed by atoms with Gasteiger partial charge in [-0.2, -0.15) is 0 Å². The number of nitrogens with zero attached hydrogens (tertiary/aromatic N) is 2. The number of para-hydroxylation sites is 2. The smallest absolute Gasteiger partial charge is 0.326 e. The molecule has 142 valence electrons. The molecule has 0 atom stereocenters. The molecule has 0 radical (unpaired) electrons. The van der Waals surface area contributed by atoms with Crippen molar-refractivity contribution in [3.8, 4) is 11.3 Å². The number of fused-ring (bicyclic) bond motifs is 1. The fourth-order valence-electron chi connectivity index (χ4n) is 3.15. The minimum atomic E-state index is -0.136. The predicted octanol–water partition coefficient (Wildman–Crippen LogP) is 2.73. The normalized spacial score (nSPS) is 11.0. The Bertz CT molecular complexity index is 1140. The molecule has 0 bridgehead atoms. The fraction of sp³-hybridized carbons (Fsp3) is 0.190. The number of H-pyrrole nitrogens is 1. The summed E-state index contributed by atoms with van der Waals surface area (Å²) in [6, 6.07) is 19.0. The Kier molecular flexibility index (Phi) is 5.05. The van der Waals surface area contributed by atoms with Crippen LogP contribution >= 0.6 is 0 Å². The molecule has 0 fully saturated rings. The number of rotatable bonds is 7. The molecule has 0 saturated heterocycles. The Morgan fingerprint density at radius 2 is 1.89 bits per heavy atom. The highest BCUT2D eigenvalue weighted by Gasteiger charge is 2.11. The van der Waals surface area contributed by atoms with Crippen LogP contribution in [0.3, 0.4) is 0 Å². The molecule has 0 aliphatic rings. The van der Waals surface area contributed by atoms with Crippen LogP contribution in [0.5, 0.6) is 0 Å². The molecule has 7 nitrogen and oxygen atoms in total. The van der Waals surface area contributed by atoms with Gasteiger partial charge >= 0.3 is 5.69 Å². The summed E-state index contributed by atoms with van der Waals surface area (Å²) in [5.74, 6) is 0.515. The molecule has 4 aromatic rings. The largest absolute Gasteiger partial charge is 0.356 e. The second-order valence-corrected chi connectivity index (χ2v) is 6.53. The molecule has 0 spiro atoms. The van der Waals surface area contributed by atoms with E-state index in [0.717, 1.165) is 16.6 Å². The number of hydrogen-bond acceptors (Lipinski definition) is 4. The number of benzene rings is 2. The van der Waals surface area contributed by atoms with Crippen LogP contribution in [0.15, 0.2) is 70.0 Å². The minimum Gasteiger partial charge on any atom is -0.356 e. The molecule has 4 rings (SSSR count). The third-order valence-corrected chi connectivity index (χ3v) is 4.52. The van der Waals surface area contributed by atoms with Crippen LogP contribution in [0, 0.1) is 0 Å². The van der Waals surface area contributed by atoms with Crippen molar-refractivity contribution in [3.05, 3.63) is 76.8 Å². The standard InChI is InChI=1S/C21H20N4O3/c26-20(14-16-13-19(28-24-16)15-7-2-1-3-8-15)22-11-6-12-25-18-10-5-4-9-17(18)23-21(25)27/h1-5,7-10,13H,6,11-12,14H2,(H,22,26)(H,23,27). The highest BCUT2D eigenvalue weighted by atomic mass is 16.5. The number of carbonyl (C=O) groups is 1. The van der Waals surface area contributed by atoms with Gasteiger partial charge in [-0.1, -0.05) is 47.6 Å². The first-order valence-corrected chi connectivity index (χ1v) is 9.16. The Hall–Kier alpha value is -3.61. The second-order valence-electron chi connectivity index (χ2n) is 6.53. The summed E-state index contributed by atoms with van der Waals surface area (Å²) in [7, 11) is 0. The zero-order valence-electron chi connectivity index (χ0n) is 15.2. The van der Waals surface area contributed by atoms with E-state index in [1.54, 1.807) is 10.6 Å². The highest BCUT2D eigenvalue weighted by Crippen LogP contribution is 2.19. The summed E-state index contributed by atoms with van der Waals surface area (Å²) in [5.41, 5.74) is 3.06. The van der Waals surface area contributed by atoms with E-state index in [0.29, 0.717) is 31.0 Å². The van der Waals surface area contributed by atoms with E-state index in [2.05, 4.69) is 15.5 Å². The number of amides is 1. The number of carbonyl (C=O) groups excluding carboxylic acids is 1. The lowest BCUT2D eigenvalue weighted by Gasteiger charge is -2.05. The Labute approximate surface area is 161 Å². The van der Waals surface area contributed by atoms with Crippen LogP contribution in [0.25, 0.3) is 22.4 Å². The molecule has 0 unspecified atom stereocenters. The summed E-state index contributed by atoms with van der Waals surface area (Å²) >= 11 is 0. The molecule has 28 heavy (non-hydrogen) atoms. The Balaban J connectivity index is 1.28. The van der Waals surface area contributed by atoms with E-state index in [4.69, 9.17) is 4.52 Å². The van der Waals surface area contributed by atoms with Crippen molar-refractivity contribution in [1.29, 1.82) is 0 Å². The third kappa shape index (κ3) is 3.88. The lowest BCUT2D eigenvalue weighted by atomic mass is 10.1. The van der Waals surface area contributed by atoms with Crippen LogP contribution < -0.4 is 11.0 Å². The summed E-state index contributed by atoms with van der Waals surface area (Å²) in [4.78, 5) is 27.0. The topological polar surface area (TPSA) is 92.9 Å². The first-order chi connectivity index (χ1) is 13.7. The van der Waals surface area contributed by atoms with Gasteiger partial charge in [0.05, 0.1) is 23.1 Å². The van der Waals surface area contributed by atoms with Gasteiger partial charge in [0.2, 0.25) is 5.91 Å². The molecule has 2 aromatic carbocycles. The van der Waals surface area contributed by atoms with Crippen molar-refractivity contribution < 1.29 is 9.32 Å². The van der Waals surface area contributed by atoms with E-state index in [-0.39, 0.29) is 18.0 Å². The molecular weight excluding hydrogens is 356 g/mol. The zero-order valence-corrected chi connectivity index (χ0v) is 15.2. The van der Waals surface area contributed by atoms with Crippen LogP contribution in [0.1, 0.15) is 12.1 Å². The number of aromatic nitrogens is 3. The molecule has 0 aliphatic carbocycles. The summed E-state index contributed by atoms with van der Waals surface area (Å²) in [6.45, 7) is 1.01.